The van der Waals surface area contributed by atoms with E-state index in [4.69, 9.17) is 9.47 Å². The van der Waals surface area contributed by atoms with Gasteiger partial charge < -0.3 is 19.7 Å². The lowest BCUT2D eigenvalue weighted by molar-refractivity contribution is -0.136. The van der Waals surface area contributed by atoms with Crippen LogP contribution in [0.3, 0.4) is 0 Å². The van der Waals surface area contributed by atoms with Gasteiger partial charge in [-0.25, -0.2) is 0 Å². The fourth-order valence-corrected chi connectivity index (χ4v) is 2.51. The molecule has 0 saturated heterocycles. The van der Waals surface area contributed by atoms with Gasteiger partial charge in [-0.3, -0.25) is 9.59 Å². The van der Waals surface area contributed by atoms with Gasteiger partial charge in [-0.1, -0.05) is 25.1 Å². The van der Waals surface area contributed by atoms with Gasteiger partial charge in [0.25, 0.3) is 5.91 Å². The summed E-state index contributed by atoms with van der Waals surface area (Å²) in [4.78, 5) is 26.1. The number of methoxy groups -OCH3 is 1. The Kier molecular flexibility index (Phi) is 7.67. The Morgan fingerprint density at radius 3 is 2.41 bits per heavy atom. The lowest BCUT2D eigenvalue weighted by atomic mass is 10.2. The molecule has 0 aliphatic heterocycles. The van der Waals surface area contributed by atoms with Crippen LogP contribution in [-0.2, 0) is 16.0 Å². The van der Waals surface area contributed by atoms with Crippen molar-refractivity contribution in [2.24, 2.45) is 0 Å². The van der Waals surface area contributed by atoms with Gasteiger partial charge in [-0.15, -0.1) is 0 Å². The standard InChI is InChI=1S/C21H26N2O4/c1-4-16-9-11-18(12-10-16)27-15-21(25)23(5-2)14-20(24)22-17-7-6-8-19(13-17)26-3/h6-13H,4-5,14-15H2,1-3H3,(H,22,24). The van der Waals surface area contributed by atoms with E-state index in [1.807, 2.05) is 31.2 Å². The highest BCUT2D eigenvalue weighted by Crippen LogP contribution is 2.16. The van der Waals surface area contributed by atoms with E-state index in [1.165, 1.54) is 10.5 Å². The average molecular weight is 370 g/mol. The van der Waals surface area contributed by atoms with Crippen molar-refractivity contribution < 1.29 is 19.1 Å². The monoisotopic (exact) mass is 370 g/mol. The second kappa shape index (κ2) is 10.2. The molecule has 144 valence electrons. The second-order valence-corrected chi connectivity index (χ2v) is 5.97. The Hall–Kier alpha value is -3.02. The second-order valence-electron chi connectivity index (χ2n) is 5.97. The first-order chi connectivity index (χ1) is 13.0. The largest absolute Gasteiger partial charge is 0.497 e. The van der Waals surface area contributed by atoms with Crippen LogP contribution in [0.5, 0.6) is 11.5 Å². The van der Waals surface area contributed by atoms with Crippen LogP contribution >= 0.6 is 0 Å². The minimum atomic E-state index is -0.272. The molecular formula is C21H26N2O4. The van der Waals surface area contributed by atoms with E-state index < -0.39 is 0 Å². The molecule has 2 aromatic carbocycles. The van der Waals surface area contributed by atoms with Crippen LogP contribution in [0.15, 0.2) is 48.5 Å². The summed E-state index contributed by atoms with van der Waals surface area (Å²) < 4.78 is 10.7. The molecule has 0 atom stereocenters. The summed E-state index contributed by atoms with van der Waals surface area (Å²) in [7, 11) is 1.56. The third-order valence-electron chi connectivity index (χ3n) is 4.12. The molecule has 0 aliphatic rings. The average Bonchev–Trinajstić information content (AvgIpc) is 2.70. The molecule has 6 heteroatoms. The minimum Gasteiger partial charge on any atom is -0.497 e. The fraction of sp³-hybridized carbons (Fsp3) is 0.333. The number of likely N-dealkylation sites (N-methyl/N-ethyl adjacent to an activating group) is 1. The normalized spacial score (nSPS) is 10.2. The summed E-state index contributed by atoms with van der Waals surface area (Å²) in [6, 6.07) is 14.7. The Balaban J connectivity index is 1.86. The van der Waals surface area contributed by atoms with Gasteiger partial charge in [0.05, 0.1) is 13.7 Å². The number of hydrogen-bond acceptors (Lipinski definition) is 4. The zero-order chi connectivity index (χ0) is 19.6. The molecule has 0 unspecified atom stereocenters. The van der Waals surface area contributed by atoms with Crippen LogP contribution in [0.4, 0.5) is 5.69 Å². The zero-order valence-corrected chi connectivity index (χ0v) is 16.0. The van der Waals surface area contributed by atoms with Crippen molar-refractivity contribution in [2.45, 2.75) is 20.3 Å². The topological polar surface area (TPSA) is 67.9 Å². The van der Waals surface area contributed by atoms with Crippen LogP contribution in [0, 0.1) is 0 Å². The molecule has 0 spiro atoms. The molecule has 1 N–H and O–H groups in total. The number of amides is 2. The molecule has 0 radical (unpaired) electrons. The summed E-state index contributed by atoms with van der Waals surface area (Å²) in [6.07, 6.45) is 0.950. The maximum Gasteiger partial charge on any atom is 0.260 e. The van der Waals surface area contributed by atoms with Crippen molar-refractivity contribution in [2.75, 3.05) is 32.1 Å². The van der Waals surface area contributed by atoms with E-state index in [-0.39, 0.29) is 25.0 Å². The molecule has 0 aliphatic carbocycles. The SMILES string of the molecule is CCc1ccc(OCC(=O)N(CC)CC(=O)Nc2cccc(OC)c2)cc1. The molecule has 0 fully saturated rings. The quantitative estimate of drug-likeness (QED) is 0.736. The molecule has 2 aromatic rings. The number of aryl methyl sites for hydroxylation is 1. The number of nitrogens with one attached hydrogen (secondary N) is 1. The number of rotatable bonds is 9. The highest BCUT2D eigenvalue weighted by Gasteiger charge is 2.16. The maximum absolute atomic E-state index is 12.4. The van der Waals surface area contributed by atoms with Crippen molar-refractivity contribution in [1.82, 2.24) is 4.90 Å². The first kappa shape index (κ1) is 20.3. The van der Waals surface area contributed by atoms with E-state index in [1.54, 1.807) is 31.4 Å². The van der Waals surface area contributed by atoms with E-state index in [0.717, 1.165) is 6.42 Å². The lowest BCUT2D eigenvalue weighted by Gasteiger charge is -2.20. The smallest absolute Gasteiger partial charge is 0.260 e. The van der Waals surface area contributed by atoms with E-state index in [0.29, 0.717) is 23.7 Å². The summed E-state index contributed by atoms with van der Waals surface area (Å²) in [5.74, 6) is 0.778. The predicted molar refractivity (Wildman–Crippen MR) is 105 cm³/mol. The van der Waals surface area contributed by atoms with Crippen LogP contribution in [0.1, 0.15) is 19.4 Å². The maximum atomic E-state index is 12.4. The molecular weight excluding hydrogens is 344 g/mol. The third-order valence-corrected chi connectivity index (χ3v) is 4.12. The third kappa shape index (κ3) is 6.33. The highest BCUT2D eigenvalue weighted by molar-refractivity contribution is 5.94. The molecule has 6 nitrogen and oxygen atoms in total. The minimum absolute atomic E-state index is 0.0370. The zero-order valence-electron chi connectivity index (χ0n) is 16.0. The summed E-state index contributed by atoms with van der Waals surface area (Å²) in [6.45, 7) is 4.18. The highest BCUT2D eigenvalue weighted by atomic mass is 16.5. The lowest BCUT2D eigenvalue weighted by Crippen LogP contribution is -2.40. The number of carbonyl (C=O) groups excluding carboxylic acids is 2. The molecule has 2 amide bonds. The van der Waals surface area contributed by atoms with Crippen LogP contribution in [-0.4, -0.2) is 43.5 Å². The van der Waals surface area contributed by atoms with Gasteiger partial charge in [0.1, 0.15) is 11.5 Å². The number of hydrogen-bond donors (Lipinski definition) is 1. The van der Waals surface area contributed by atoms with E-state index in [9.17, 15) is 9.59 Å². The summed E-state index contributed by atoms with van der Waals surface area (Å²) in [5.41, 5.74) is 1.83. The van der Waals surface area contributed by atoms with Gasteiger partial charge >= 0.3 is 0 Å². The number of anilines is 1. The van der Waals surface area contributed by atoms with E-state index >= 15 is 0 Å². The van der Waals surface area contributed by atoms with Gasteiger partial charge in [0, 0.05) is 18.3 Å². The Morgan fingerprint density at radius 2 is 1.78 bits per heavy atom. The first-order valence-electron chi connectivity index (χ1n) is 8.99. The van der Waals surface area contributed by atoms with Gasteiger partial charge in [0.15, 0.2) is 6.61 Å². The Bertz CT molecular complexity index is 759. The van der Waals surface area contributed by atoms with Gasteiger partial charge in [-0.05, 0) is 43.2 Å². The molecule has 2 rings (SSSR count). The van der Waals surface area contributed by atoms with Crippen molar-refractivity contribution in [3.8, 4) is 11.5 Å². The van der Waals surface area contributed by atoms with Crippen molar-refractivity contribution in [3.05, 3.63) is 54.1 Å². The predicted octanol–water partition coefficient (Wildman–Crippen LogP) is 3.12. The van der Waals surface area contributed by atoms with E-state index in [2.05, 4.69) is 12.2 Å². The summed E-state index contributed by atoms with van der Waals surface area (Å²) in [5, 5.41) is 2.77. The molecule has 0 bridgehead atoms. The van der Waals surface area contributed by atoms with Gasteiger partial charge in [-0.2, -0.15) is 0 Å². The van der Waals surface area contributed by atoms with Gasteiger partial charge in [0.2, 0.25) is 5.91 Å². The van der Waals surface area contributed by atoms with Crippen LogP contribution in [0.25, 0.3) is 0 Å². The molecule has 0 aromatic heterocycles. The van der Waals surface area contributed by atoms with Crippen molar-refractivity contribution in [1.29, 1.82) is 0 Å². The Labute approximate surface area is 160 Å². The van der Waals surface area contributed by atoms with Crippen molar-refractivity contribution in [3.63, 3.8) is 0 Å². The number of carbonyl (C=O) groups is 2. The fourth-order valence-electron chi connectivity index (χ4n) is 2.51. The summed E-state index contributed by atoms with van der Waals surface area (Å²) >= 11 is 0. The van der Waals surface area contributed by atoms with Crippen molar-refractivity contribution >= 4 is 17.5 Å². The molecule has 0 saturated carbocycles. The Morgan fingerprint density at radius 1 is 1.04 bits per heavy atom. The molecule has 27 heavy (non-hydrogen) atoms. The molecule has 0 heterocycles. The number of benzene rings is 2. The number of nitrogens with zero attached hydrogens (tertiary/aromatic N) is 1. The van der Waals surface area contributed by atoms with Crippen LogP contribution < -0.4 is 14.8 Å². The first-order valence-corrected chi connectivity index (χ1v) is 8.99. The number of ether oxygens (including phenoxy) is 2. The van der Waals surface area contributed by atoms with Crippen LogP contribution in [0.2, 0.25) is 0 Å².